The normalized spacial score (nSPS) is 12.0. The molecule has 0 aliphatic heterocycles. The topological polar surface area (TPSA) is 81.9 Å². The van der Waals surface area contributed by atoms with Crippen LogP contribution in [0.5, 0.6) is 5.75 Å². The first-order valence-electron chi connectivity index (χ1n) is 12.3. The molecule has 0 saturated carbocycles. The first-order chi connectivity index (χ1) is 18.8. The molecule has 0 aliphatic rings. The predicted octanol–water partition coefficient (Wildman–Crippen LogP) is 7.55. The van der Waals surface area contributed by atoms with Gasteiger partial charge in [-0.15, -0.1) is 21.5 Å². The molecule has 7 nitrogen and oxygen atoms in total. The van der Waals surface area contributed by atoms with E-state index in [1.165, 1.54) is 35.5 Å². The molecule has 200 valence electrons. The minimum atomic E-state index is -0.485. The lowest BCUT2D eigenvalue weighted by molar-refractivity contribution is -0.113. The van der Waals surface area contributed by atoms with Crippen molar-refractivity contribution in [3.8, 4) is 16.3 Å². The Kier molecular flexibility index (Phi) is 8.15. The molecule has 2 aromatic heterocycles. The Labute approximate surface area is 238 Å². The molecule has 2 heterocycles. The van der Waals surface area contributed by atoms with Crippen LogP contribution in [0.2, 0.25) is 5.02 Å². The summed E-state index contributed by atoms with van der Waals surface area (Å²) in [6, 6.07) is 17.9. The van der Waals surface area contributed by atoms with Crippen LogP contribution in [0.25, 0.3) is 20.8 Å². The summed E-state index contributed by atoms with van der Waals surface area (Å²) in [6.07, 6.45) is -0.485. The van der Waals surface area contributed by atoms with Gasteiger partial charge in [-0.3, -0.25) is 4.79 Å². The number of anilines is 1. The maximum Gasteiger partial charge on any atom is 0.234 e. The van der Waals surface area contributed by atoms with E-state index in [9.17, 15) is 9.18 Å². The largest absolute Gasteiger partial charge is 0.481 e. The minimum Gasteiger partial charge on any atom is -0.481 e. The molecule has 1 N–H and O–H groups in total. The molecule has 0 aliphatic carbocycles. The fraction of sp³-hybridized carbons (Fsp3) is 0.214. The summed E-state index contributed by atoms with van der Waals surface area (Å²) < 4.78 is 22.3. The summed E-state index contributed by atoms with van der Waals surface area (Å²) in [5.74, 6) is 0.511. The Balaban J connectivity index is 1.19. The van der Waals surface area contributed by atoms with Crippen molar-refractivity contribution in [3.05, 3.63) is 82.9 Å². The van der Waals surface area contributed by atoms with Gasteiger partial charge in [0.1, 0.15) is 16.6 Å². The van der Waals surface area contributed by atoms with Gasteiger partial charge >= 0.3 is 0 Å². The van der Waals surface area contributed by atoms with E-state index in [0.717, 1.165) is 20.8 Å². The number of carbonyl (C=O) groups is 1. The third-order valence-corrected chi connectivity index (χ3v) is 8.24. The van der Waals surface area contributed by atoms with Gasteiger partial charge in [0.15, 0.2) is 17.1 Å². The standard InChI is InChI=1S/C28H25ClFN5O2S2/c1-4-35-26(17(3)37-23-12-8-19(30)14-21(23)29)33-34-28(35)38-15-25(36)31-20-9-6-18(7-10-20)27-32-22-11-5-16(2)13-24(22)39-27/h5-14,17H,4,15H2,1-3H3,(H,31,36). The Morgan fingerprint density at radius 3 is 2.69 bits per heavy atom. The van der Waals surface area contributed by atoms with E-state index < -0.39 is 11.9 Å². The summed E-state index contributed by atoms with van der Waals surface area (Å²) in [7, 11) is 0. The van der Waals surface area contributed by atoms with Crippen LogP contribution in [0, 0.1) is 12.7 Å². The zero-order chi connectivity index (χ0) is 27.5. The van der Waals surface area contributed by atoms with Crippen molar-refractivity contribution in [1.29, 1.82) is 0 Å². The summed E-state index contributed by atoms with van der Waals surface area (Å²) >= 11 is 9.03. The SMILES string of the molecule is CCn1c(SCC(=O)Nc2ccc(-c3nc4ccc(C)cc4s3)cc2)nnc1C(C)Oc1ccc(F)cc1Cl. The van der Waals surface area contributed by atoms with E-state index in [0.29, 0.717) is 29.0 Å². The van der Waals surface area contributed by atoms with Crippen LogP contribution in [0.1, 0.15) is 31.3 Å². The fourth-order valence-electron chi connectivity index (χ4n) is 4.00. The highest BCUT2D eigenvalue weighted by Crippen LogP contribution is 2.32. The van der Waals surface area contributed by atoms with E-state index >= 15 is 0 Å². The van der Waals surface area contributed by atoms with Crippen molar-refractivity contribution < 1.29 is 13.9 Å². The van der Waals surface area contributed by atoms with Gasteiger partial charge in [0.2, 0.25) is 5.91 Å². The first-order valence-corrected chi connectivity index (χ1v) is 14.4. The lowest BCUT2D eigenvalue weighted by Gasteiger charge is -2.16. The number of nitrogens with one attached hydrogen (secondary N) is 1. The van der Waals surface area contributed by atoms with Crippen LogP contribution in [-0.2, 0) is 11.3 Å². The maximum atomic E-state index is 13.3. The molecule has 0 bridgehead atoms. The van der Waals surface area contributed by atoms with E-state index in [1.807, 2.05) is 48.7 Å². The number of thiazole rings is 1. The Hall–Kier alpha value is -3.47. The smallest absolute Gasteiger partial charge is 0.234 e. The van der Waals surface area contributed by atoms with Crippen molar-refractivity contribution in [2.45, 2.75) is 38.6 Å². The molecule has 5 aromatic rings. The molecule has 0 saturated heterocycles. The van der Waals surface area contributed by atoms with Crippen molar-refractivity contribution >= 4 is 56.5 Å². The summed E-state index contributed by atoms with van der Waals surface area (Å²) in [5.41, 5.74) is 3.90. The highest BCUT2D eigenvalue weighted by atomic mass is 35.5. The number of ether oxygens (including phenoxy) is 1. The van der Waals surface area contributed by atoms with E-state index in [2.05, 4.69) is 34.6 Å². The number of rotatable bonds is 9. The quantitative estimate of drug-likeness (QED) is 0.181. The number of nitrogens with zero attached hydrogens (tertiary/aromatic N) is 4. The molecule has 3 aromatic carbocycles. The van der Waals surface area contributed by atoms with Gasteiger partial charge in [0, 0.05) is 17.8 Å². The Morgan fingerprint density at radius 1 is 1.15 bits per heavy atom. The second kappa shape index (κ2) is 11.7. The lowest BCUT2D eigenvalue weighted by Crippen LogP contribution is -2.15. The number of aryl methyl sites for hydroxylation is 1. The molecule has 1 unspecified atom stereocenters. The molecule has 0 fully saturated rings. The summed E-state index contributed by atoms with van der Waals surface area (Å²) in [5, 5.41) is 13.2. The Bertz CT molecular complexity index is 1640. The molecule has 11 heteroatoms. The maximum absolute atomic E-state index is 13.3. The molecule has 1 atom stereocenters. The number of hydrogen-bond donors (Lipinski definition) is 1. The molecular formula is C28H25ClFN5O2S2. The van der Waals surface area contributed by atoms with Gasteiger partial charge in [0.25, 0.3) is 0 Å². The number of hydrogen-bond acceptors (Lipinski definition) is 7. The predicted molar refractivity (Wildman–Crippen MR) is 155 cm³/mol. The second-order valence-electron chi connectivity index (χ2n) is 8.82. The van der Waals surface area contributed by atoms with Crippen LogP contribution >= 0.6 is 34.7 Å². The van der Waals surface area contributed by atoms with Crippen LogP contribution in [0.15, 0.2) is 65.8 Å². The number of amides is 1. The van der Waals surface area contributed by atoms with Crippen LogP contribution in [0.4, 0.5) is 10.1 Å². The Morgan fingerprint density at radius 2 is 1.95 bits per heavy atom. The molecule has 39 heavy (non-hydrogen) atoms. The van der Waals surface area contributed by atoms with E-state index in [1.54, 1.807) is 11.3 Å². The van der Waals surface area contributed by atoms with Gasteiger partial charge in [-0.1, -0.05) is 29.4 Å². The number of aromatic nitrogens is 4. The monoisotopic (exact) mass is 581 g/mol. The van der Waals surface area contributed by atoms with Crippen LogP contribution in [-0.4, -0.2) is 31.4 Å². The van der Waals surface area contributed by atoms with Crippen molar-refractivity contribution in [1.82, 2.24) is 19.7 Å². The van der Waals surface area contributed by atoms with Crippen molar-refractivity contribution in [2.75, 3.05) is 11.1 Å². The third-order valence-electron chi connectivity index (χ3n) is 5.91. The molecule has 5 rings (SSSR count). The molecule has 0 spiro atoms. The number of fused-ring (bicyclic) bond motifs is 1. The second-order valence-corrected chi connectivity index (χ2v) is 11.2. The zero-order valence-electron chi connectivity index (χ0n) is 21.4. The van der Waals surface area contributed by atoms with Gasteiger partial charge in [-0.05, 0) is 80.9 Å². The third kappa shape index (κ3) is 6.24. The number of benzene rings is 3. The van der Waals surface area contributed by atoms with Gasteiger partial charge in [0.05, 0.1) is 21.0 Å². The van der Waals surface area contributed by atoms with Crippen LogP contribution < -0.4 is 10.1 Å². The first kappa shape index (κ1) is 27.1. The van der Waals surface area contributed by atoms with Crippen LogP contribution in [0.3, 0.4) is 0 Å². The highest BCUT2D eigenvalue weighted by Gasteiger charge is 2.20. The van der Waals surface area contributed by atoms with Gasteiger partial charge < -0.3 is 14.6 Å². The van der Waals surface area contributed by atoms with Gasteiger partial charge in [-0.2, -0.15) is 0 Å². The van der Waals surface area contributed by atoms with Gasteiger partial charge in [-0.25, -0.2) is 9.37 Å². The molecule has 1 amide bonds. The lowest BCUT2D eigenvalue weighted by atomic mass is 10.2. The van der Waals surface area contributed by atoms with E-state index in [-0.39, 0.29) is 16.7 Å². The van der Waals surface area contributed by atoms with Crippen molar-refractivity contribution in [3.63, 3.8) is 0 Å². The number of carbonyl (C=O) groups excluding carboxylic acids is 1. The number of halogens is 2. The molecular weight excluding hydrogens is 557 g/mol. The fourth-order valence-corrected chi connectivity index (χ4v) is 6.09. The van der Waals surface area contributed by atoms with Crippen molar-refractivity contribution in [2.24, 2.45) is 0 Å². The summed E-state index contributed by atoms with van der Waals surface area (Å²) in [6.45, 7) is 6.43. The van der Waals surface area contributed by atoms with E-state index in [4.69, 9.17) is 21.3 Å². The summed E-state index contributed by atoms with van der Waals surface area (Å²) in [4.78, 5) is 17.4. The average Bonchev–Trinajstić information content (AvgIpc) is 3.53. The number of thioether (sulfide) groups is 1. The highest BCUT2D eigenvalue weighted by molar-refractivity contribution is 7.99. The average molecular weight is 582 g/mol. The molecule has 0 radical (unpaired) electrons. The zero-order valence-corrected chi connectivity index (χ0v) is 23.8. The minimum absolute atomic E-state index is 0.155.